The number of primary amides is 1. The Morgan fingerprint density at radius 3 is 3.21 bits per heavy atom. The Morgan fingerprint density at radius 1 is 1.58 bits per heavy atom. The van der Waals surface area contributed by atoms with Crippen molar-refractivity contribution in [2.24, 2.45) is 16.6 Å². The first-order chi connectivity index (χ1) is 9.15. The maximum atomic E-state index is 11.4. The van der Waals surface area contributed by atoms with Crippen LogP contribution < -0.4 is 11.2 Å². The molecule has 0 radical (unpaired) electrons. The molecule has 0 spiro atoms. The predicted octanol–water partition coefficient (Wildman–Crippen LogP) is -0.188. The molecule has 0 aliphatic carbocycles. The van der Waals surface area contributed by atoms with Gasteiger partial charge in [-0.1, -0.05) is 0 Å². The Hall–Kier alpha value is -1.66. The molecule has 3 heterocycles. The molecule has 0 aromatic heterocycles. The van der Waals surface area contributed by atoms with Gasteiger partial charge in [-0.2, -0.15) is 0 Å². The van der Waals surface area contributed by atoms with Crippen molar-refractivity contribution in [2.45, 2.75) is 18.9 Å². The molecule has 6 heteroatoms. The van der Waals surface area contributed by atoms with Crippen molar-refractivity contribution in [1.82, 2.24) is 15.3 Å². The van der Waals surface area contributed by atoms with E-state index in [0.29, 0.717) is 0 Å². The summed E-state index contributed by atoms with van der Waals surface area (Å²) in [5.41, 5.74) is 9.79. The maximum Gasteiger partial charge on any atom is 0.220 e. The van der Waals surface area contributed by atoms with E-state index in [0.717, 1.165) is 37.3 Å². The minimum Gasteiger partial charge on any atom is -0.369 e. The Bertz CT molecular complexity index is 481. The van der Waals surface area contributed by atoms with Crippen molar-refractivity contribution in [3.8, 4) is 0 Å². The van der Waals surface area contributed by atoms with Gasteiger partial charge in [-0.15, -0.1) is 0 Å². The Balaban J connectivity index is 1.79. The van der Waals surface area contributed by atoms with E-state index in [2.05, 4.69) is 28.6 Å². The highest BCUT2D eigenvalue weighted by Gasteiger charge is 2.32. The normalized spacial score (nSPS) is 30.9. The number of likely N-dealkylation sites (N-methyl/N-ethyl adjacent to an activating group) is 1. The third-order valence-corrected chi connectivity index (χ3v) is 4.07. The SMILES string of the molecule is CN1CCC(C(N)=O)CC1C1=CN2NCC=C2N=C1. The van der Waals surface area contributed by atoms with Crippen molar-refractivity contribution >= 4 is 12.1 Å². The average molecular weight is 261 g/mol. The highest BCUT2D eigenvalue weighted by molar-refractivity contribution is 5.83. The molecular formula is C13H19N5O. The molecular weight excluding hydrogens is 242 g/mol. The fraction of sp³-hybridized carbons (Fsp3) is 0.538. The summed E-state index contributed by atoms with van der Waals surface area (Å²) in [5, 5.41) is 1.94. The molecule has 102 valence electrons. The molecule has 19 heavy (non-hydrogen) atoms. The van der Waals surface area contributed by atoms with Gasteiger partial charge in [0.25, 0.3) is 0 Å². The van der Waals surface area contributed by atoms with Crippen LogP contribution in [0.3, 0.4) is 0 Å². The highest BCUT2D eigenvalue weighted by Crippen LogP contribution is 2.28. The number of hydrogen-bond acceptors (Lipinski definition) is 5. The summed E-state index contributed by atoms with van der Waals surface area (Å²) in [4.78, 5) is 18.1. The summed E-state index contributed by atoms with van der Waals surface area (Å²) >= 11 is 0. The molecule has 2 atom stereocenters. The molecule has 3 aliphatic heterocycles. The second-order valence-electron chi connectivity index (χ2n) is 5.30. The molecule has 1 amide bonds. The number of carbonyl (C=O) groups is 1. The summed E-state index contributed by atoms with van der Waals surface area (Å²) in [5.74, 6) is 0.721. The van der Waals surface area contributed by atoms with Gasteiger partial charge in [0.1, 0.15) is 5.82 Å². The van der Waals surface area contributed by atoms with Crippen molar-refractivity contribution < 1.29 is 4.79 Å². The minimum atomic E-state index is -0.189. The Morgan fingerprint density at radius 2 is 2.42 bits per heavy atom. The smallest absolute Gasteiger partial charge is 0.220 e. The first-order valence-electron chi connectivity index (χ1n) is 6.63. The number of hydrazine groups is 1. The molecule has 3 N–H and O–H groups in total. The quantitative estimate of drug-likeness (QED) is 0.722. The van der Waals surface area contributed by atoms with Gasteiger partial charge < -0.3 is 5.73 Å². The molecule has 3 rings (SSSR count). The van der Waals surface area contributed by atoms with Crippen molar-refractivity contribution in [2.75, 3.05) is 20.1 Å². The van der Waals surface area contributed by atoms with E-state index in [9.17, 15) is 4.79 Å². The molecule has 0 aromatic carbocycles. The zero-order valence-corrected chi connectivity index (χ0v) is 11.0. The van der Waals surface area contributed by atoms with Gasteiger partial charge in [-0.3, -0.25) is 14.7 Å². The fourth-order valence-corrected chi connectivity index (χ4v) is 2.87. The molecule has 0 bridgehead atoms. The summed E-state index contributed by atoms with van der Waals surface area (Å²) in [6.07, 6.45) is 7.63. The predicted molar refractivity (Wildman–Crippen MR) is 72.8 cm³/mol. The van der Waals surface area contributed by atoms with E-state index in [1.54, 1.807) is 0 Å². The average Bonchev–Trinajstić information content (AvgIpc) is 2.86. The van der Waals surface area contributed by atoms with Crippen molar-refractivity contribution in [3.05, 3.63) is 23.7 Å². The summed E-state index contributed by atoms with van der Waals surface area (Å²) < 4.78 is 0. The van der Waals surface area contributed by atoms with Crippen LogP contribution in [0.4, 0.5) is 0 Å². The number of carbonyl (C=O) groups excluding carboxylic acids is 1. The molecule has 0 aromatic rings. The number of piperidine rings is 1. The number of aliphatic imine (C=N–C) groups is 1. The Labute approximate surface area is 112 Å². The van der Waals surface area contributed by atoms with E-state index < -0.39 is 0 Å². The number of amides is 1. The number of rotatable bonds is 2. The monoisotopic (exact) mass is 261 g/mol. The summed E-state index contributed by atoms with van der Waals surface area (Å²) in [6, 6.07) is 0.207. The van der Waals surface area contributed by atoms with Gasteiger partial charge in [0.2, 0.25) is 5.91 Å². The number of likely N-dealkylation sites (tertiary alicyclic amines) is 1. The van der Waals surface area contributed by atoms with Gasteiger partial charge in [-0.25, -0.2) is 10.4 Å². The molecule has 1 fully saturated rings. The van der Waals surface area contributed by atoms with Gasteiger partial charge in [0, 0.05) is 36.5 Å². The lowest BCUT2D eigenvalue weighted by Crippen LogP contribution is -2.45. The second kappa shape index (κ2) is 4.79. The minimum absolute atomic E-state index is 0.0287. The number of fused-ring (bicyclic) bond motifs is 1. The molecule has 6 nitrogen and oxygen atoms in total. The van der Waals surface area contributed by atoms with Crippen LogP contribution in [0.1, 0.15) is 12.8 Å². The van der Waals surface area contributed by atoms with Crippen LogP contribution in [0.15, 0.2) is 28.7 Å². The van der Waals surface area contributed by atoms with E-state index in [1.807, 2.05) is 17.3 Å². The summed E-state index contributed by atoms with van der Waals surface area (Å²) in [6.45, 7) is 1.69. The lowest BCUT2D eigenvalue weighted by Gasteiger charge is -2.37. The van der Waals surface area contributed by atoms with Crippen LogP contribution in [0.5, 0.6) is 0 Å². The van der Waals surface area contributed by atoms with Crippen LogP contribution in [-0.4, -0.2) is 48.2 Å². The Kier molecular flexibility index (Phi) is 3.12. The maximum absolute atomic E-state index is 11.4. The van der Waals surface area contributed by atoms with Gasteiger partial charge in [0.15, 0.2) is 0 Å². The molecule has 0 saturated carbocycles. The standard InChI is InChI=1S/C13H19N5O/c1-17-5-3-9(13(14)19)6-11(17)10-7-15-12-2-4-16-18(12)8-10/h2,7-9,11,16H,3-6H2,1H3,(H2,14,19). The lowest BCUT2D eigenvalue weighted by molar-refractivity contribution is -0.123. The van der Waals surface area contributed by atoms with Gasteiger partial charge in [-0.05, 0) is 32.5 Å². The van der Waals surface area contributed by atoms with Crippen LogP contribution in [0.25, 0.3) is 0 Å². The van der Waals surface area contributed by atoms with Gasteiger partial charge >= 0.3 is 0 Å². The number of nitrogens with one attached hydrogen (secondary N) is 1. The van der Waals surface area contributed by atoms with Crippen molar-refractivity contribution in [3.63, 3.8) is 0 Å². The first-order valence-corrected chi connectivity index (χ1v) is 6.63. The van der Waals surface area contributed by atoms with Crippen LogP contribution in [0.2, 0.25) is 0 Å². The topological polar surface area (TPSA) is 74.0 Å². The van der Waals surface area contributed by atoms with E-state index in [1.165, 1.54) is 0 Å². The van der Waals surface area contributed by atoms with E-state index in [4.69, 9.17) is 5.73 Å². The largest absolute Gasteiger partial charge is 0.369 e. The van der Waals surface area contributed by atoms with E-state index in [-0.39, 0.29) is 17.9 Å². The second-order valence-corrected chi connectivity index (χ2v) is 5.30. The van der Waals surface area contributed by atoms with E-state index >= 15 is 0 Å². The first kappa shape index (κ1) is 12.4. The number of nitrogens with zero attached hydrogens (tertiary/aromatic N) is 3. The van der Waals surface area contributed by atoms with Crippen LogP contribution >= 0.6 is 0 Å². The number of nitrogens with two attached hydrogens (primary N) is 1. The van der Waals surface area contributed by atoms with Gasteiger partial charge in [0.05, 0.1) is 0 Å². The highest BCUT2D eigenvalue weighted by atomic mass is 16.1. The number of hydrogen-bond donors (Lipinski definition) is 2. The fourth-order valence-electron chi connectivity index (χ4n) is 2.87. The third kappa shape index (κ3) is 2.29. The third-order valence-electron chi connectivity index (χ3n) is 4.07. The summed E-state index contributed by atoms with van der Waals surface area (Å²) in [7, 11) is 2.08. The molecule has 3 aliphatic rings. The van der Waals surface area contributed by atoms with Crippen LogP contribution in [-0.2, 0) is 4.79 Å². The zero-order valence-electron chi connectivity index (χ0n) is 11.0. The van der Waals surface area contributed by atoms with Crippen molar-refractivity contribution in [1.29, 1.82) is 0 Å². The van der Waals surface area contributed by atoms with Crippen LogP contribution in [0, 0.1) is 5.92 Å². The lowest BCUT2D eigenvalue weighted by atomic mass is 9.87. The zero-order chi connectivity index (χ0) is 13.4. The molecule has 1 saturated heterocycles. The molecule has 2 unspecified atom stereocenters.